The summed E-state index contributed by atoms with van der Waals surface area (Å²) in [5, 5.41) is 0.430. The van der Waals surface area contributed by atoms with Crippen LogP contribution < -0.4 is 0 Å². The van der Waals surface area contributed by atoms with Gasteiger partial charge in [-0.2, -0.15) is 4.31 Å². The minimum absolute atomic E-state index is 0.0671. The number of halogens is 1. The molecule has 1 amide bonds. The number of rotatable bonds is 8. The van der Waals surface area contributed by atoms with E-state index in [-0.39, 0.29) is 35.8 Å². The van der Waals surface area contributed by atoms with Gasteiger partial charge >= 0.3 is 5.97 Å². The second kappa shape index (κ2) is 11.1. The van der Waals surface area contributed by atoms with Crippen LogP contribution in [0, 0.1) is 12.8 Å². The summed E-state index contributed by atoms with van der Waals surface area (Å²) in [6.45, 7) is 4.58. The highest BCUT2D eigenvalue weighted by Crippen LogP contribution is 2.23. The lowest BCUT2D eigenvalue weighted by Gasteiger charge is -2.32. The van der Waals surface area contributed by atoms with Crippen molar-refractivity contribution < 1.29 is 22.7 Å². The topological polar surface area (TPSA) is 84.0 Å². The Kier molecular flexibility index (Phi) is 8.51. The van der Waals surface area contributed by atoms with Gasteiger partial charge in [0.1, 0.15) is 0 Å². The molecule has 0 unspecified atom stereocenters. The largest absolute Gasteiger partial charge is 0.466 e. The molecule has 9 heteroatoms. The number of esters is 1. The molecule has 1 aliphatic heterocycles. The summed E-state index contributed by atoms with van der Waals surface area (Å²) >= 11 is 5.93. The van der Waals surface area contributed by atoms with E-state index in [0.29, 0.717) is 37.6 Å². The Morgan fingerprint density at radius 2 is 1.79 bits per heavy atom. The maximum atomic E-state index is 13.4. The molecule has 7 nitrogen and oxygen atoms in total. The number of benzene rings is 2. The molecule has 0 N–H and O–H groups in total. The number of likely N-dealkylation sites (tertiary alicyclic amines) is 1. The Labute approximate surface area is 200 Å². The van der Waals surface area contributed by atoms with Crippen molar-refractivity contribution in [2.45, 2.75) is 38.1 Å². The zero-order valence-corrected chi connectivity index (χ0v) is 20.4. The van der Waals surface area contributed by atoms with Crippen LogP contribution in [0.2, 0.25) is 5.02 Å². The third-order valence-electron chi connectivity index (χ3n) is 5.67. The fraction of sp³-hybridized carbons (Fsp3) is 0.417. The van der Waals surface area contributed by atoms with Gasteiger partial charge in [-0.1, -0.05) is 41.4 Å². The molecule has 2 aromatic rings. The molecule has 0 aliphatic carbocycles. The molecule has 1 aliphatic rings. The molecule has 1 fully saturated rings. The fourth-order valence-corrected chi connectivity index (χ4v) is 5.37. The van der Waals surface area contributed by atoms with Gasteiger partial charge in [0.2, 0.25) is 15.9 Å². The fourth-order valence-electron chi connectivity index (χ4n) is 3.87. The number of amides is 1. The van der Waals surface area contributed by atoms with Gasteiger partial charge in [0.05, 0.1) is 24.0 Å². The van der Waals surface area contributed by atoms with Crippen LogP contribution in [0.15, 0.2) is 53.4 Å². The van der Waals surface area contributed by atoms with E-state index in [0.717, 1.165) is 11.1 Å². The van der Waals surface area contributed by atoms with Crippen LogP contribution in [0.25, 0.3) is 0 Å². The van der Waals surface area contributed by atoms with E-state index in [1.165, 1.54) is 28.6 Å². The first-order valence-corrected chi connectivity index (χ1v) is 12.8. The molecule has 0 atom stereocenters. The van der Waals surface area contributed by atoms with E-state index in [1.807, 2.05) is 31.2 Å². The number of aryl methyl sites for hydroxylation is 1. The second-order valence-electron chi connectivity index (χ2n) is 8.12. The maximum absolute atomic E-state index is 13.4. The van der Waals surface area contributed by atoms with Gasteiger partial charge in [-0.15, -0.1) is 0 Å². The Hall–Kier alpha value is -2.42. The lowest BCUT2D eigenvalue weighted by molar-refractivity contribution is -0.151. The van der Waals surface area contributed by atoms with Gasteiger partial charge in [0.25, 0.3) is 0 Å². The average Bonchev–Trinajstić information content (AvgIpc) is 2.79. The lowest BCUT2D eigenvalue weighted by atomic mass is 9.97. The number of ether oxygens (including phenoxy) is 1. The first kappa shape index (κ1) is 25.2. The summed E-state index contributed by atoms with van der Waals surface area (Å²) in [6, 6.07) is 13.4. The van der Waals surface area contributed by atoms with Crippen LogP contribution in [0.4, 0.5) is 0 Å². The van der Waals surface area contributed by atoms with E-state index in [1.54, 1.807) is 11.8 Å². The molecular formula is C24H29ClN2O5S. The number of nitrogens with zero attached hydrogens (tertiary/aromatic N) is 2. The summed E-state index contributed by atoms with van der Waals surface area (Å²) in [7, 11) is -3.94. The second-order valence-corrected chi connectivity index (χ2v) is 10.5. The number of sulfonamides is 1. The number of carbonyl (C=O) groups excluding carboxylic acids is 2. The van der Waals surface area contributed by atoms with Crippen molar-refractivity contribution in [1.29, 1.82) is 0 Å². The van der Waals surface area contributed by atoms with Crippen molar-refractivity contribution in [3.8, 4) is 0 Å². The average molecular weight is 493 g/mol. The predicted octanol–water partition coefficient (Wildman–Crippen LogP) is 3.64. The summed E-state index contributed by atoms with van der Waals surface area (Å²) in [5.41, 5.74) is 1.80. The molecule has 0 spiro atoms. The zero-order chi connectivity index (χ0) is 24.0. The van der Waals surface area contributed by atoms with Crippen molar-refractivity contribution in [2.24, 2.45) is 5.92 Å². The van der Waals surface area contributed by atoms with Crippen molar-refractivity contribution >= 4 is 33.5 Å². The third-order valence-corrected chi connectivity index (χ3v) is 7.73. The highest BCUT2D eigenvalue weighted by Gasteiger charge is 2.32. The molecule has 0 radical (unpaired) electrons. The van der Waals surface area contributed by atoms with Crippen molar-refractivity contribution in [2.75, 3.05) is 26.2 Å². The number of hydrogen-bond donors (Lipinski definition) is 0. The quantitative estimate of drug-likeness (QED) is 0.525. The van der Waals surface area contributed by atoms with Crippen molar-refractivity contribution in [3.63, 3.8) is 0 Å². The lowest BCUT2D eigenvalue weighted by Crippen LogP contribution is -2.46. The zero-order valence-electron chi connectivity index (χ0n) is 18.9. The standard InChI is InChI=1S/C24H29ClN2O5S/c1-3-32-24(29)20-11-13-26(14-12-20)23(28)17-27(16-19-6-4-5-18(2)15-19)33(30,31)22-9-7-21(25)8-10-22/h4-10,15,20H,3,11-14,16-17H2,1-2H3. The van der Waals surface area contributed by atoms with Gasteiger partial charge in [0.15, 0.2) is 0 Å². The van der Waals surface area contributed by atoms with Crippen LogP contribution in [-0.2, 0) is 30.9 Å². The Morgan fingerprint density at radius 1 is 1.12 bits per heavy atom. The van der Waals surface area contributed by atoms with Crippen LogP contribution in [-0.4, -0.2) is 55.7 Å². The highest BCUT2D eigenvalue weighted by molar-refractivity contribution is 7.89. The smallest absolute Gasteiger partial charge is 0.309 e. The number of piperidine rings is 1. The van der Waals surface area contributed by atoms with Crippen molar-refractivity contribution in [3.05, 3.63) is 64.7 Å². The molecular weight excluding hydrogens is 464 g/mol. The van der Waals surface area contributed by atoms with Gasteiger partial charge < -0.3 is 9.64 Å². The summed E-state index contributed by atoms with van der Waals surface area (Å²) in [4.78, 5) is 26.8. The molecule has 178 valence electrons. The van der Waals surface area contributed by atoms with Crippen LogP contribution >= 0.6 is 11.6 Å². The van der Waals surface area contributed by atoms with Crippen molar-refractivity contribution in [1.82, 2.24) is 9.21 Å². The van der Waals surface area contributed by atoms with Gasteiger partial charge in [-0.05, 0) is 56.5 Å². The minimum Gasteiger partial charge on any atom is -0.466 e. The first-order chi connectivity index (χ1) is 15.7. The monoisotopic (exact) mass is 492 g/mol. The summed E-state index contributed by atoms with van der Waals surface area (Å²) in [5.74, 6) is -0.756. The molecule has 0 bridgehead atoms. The minimum atomic E-state index is -3.94. The normalized spacial score (nSPS) is 15.0. The molecule has 0 aromatic heterocycles. The Balaban J connectivity index is 1.77. The van der Waals surface area contributed by atoms with E-state index in [4.69, 9.17) is 16.3 Å². The SMILES string of the molecule is CCOC(=O)C1CCN(C(=O)CN(Cc2cccc(C)c2)S(=O)(=O)c2ccc(Cl)cc2)CC1. The Bertz CT molecular complexity index is 1080. The Morgan fingerprint density at radius 3 is 2.39 bits per heavy atom. The molecule has 2 aromatic carbocycles. The van der Waals surface area contributed by atoms with E-state index in [9.17, 15) is 18.0 Å². The summed E-state index contributed by atoms with van der Waals surface area (Å²) < 4.78 is 33.1. The van der Waals surface area contributed by atoms with E-state index < -0.39 is 10.0 Å². The summed E-state index contributed by atoms with van der Waals surface area (Å²) in [6.07, 6.45) is 1.01. The van der Waals surface area contributed by atoms with Gasteiger partial charge in [0, 0.05) is 24.7 Å². The predicted molar refractivity (Wildman–Crippen MR) is 126 cm³/mol. The molecule has 0 saturated carbocycles. The third kappa shape index (κ3) is 6.56. The van der Waals surface area contributed by atoms with Crippen LogP contribution in [0.1, 0.15) is 30.9 Å². The number of carbonyl (C=O) groups is 2. The maximum Gasteiger partial charge on any atom is 0.309 e. The molecule has 1 saturated heterocycles. The van der Waals surface area contributed by atoms with E-state index in [2.05, 4.69) is 0 Å². The van der Waals surface area contributed by atoms with E-state index >= 15 is 0 Å². The van der Waals surface area contributed by atoms with Crippen LogP contribution in [0.3, 0.4) is 0 Å². The van der Waals surface area contributed by atoms with Gasteiger partial charge in [-0.25, -0.2) is 8.42 Å². The van der Waals surface area contributed by atoms with Gasteiger partial charge in [-0.3, -0.25) is 9.59 Å². The molecule has 3 rings (SSSR count). The number of hydrogen-bond acceptors (Lipinski definition) is 5. The molecule has 33 heavy (non-hydrogen) atoms. The first-order valence-electron chi connectivity index (χ1n) is 11.0. The highest BCUT2D eigenvalue weighted by atomic mass is 35.5. The van der Waals surface area contributed by atoms with Crippen LogP contribution in [0.5, 0.6) is 0 Å². The molecule has 1 heterocycles.